The monoisotopic (exact) mass is 447 g/mol. The molecule has 0 radical (unpaired) electrons. The molecule has 0 unspecified atom stereocenters. The predicted molar refractivity (Wildman–Crippen MR) is 125 cm³/mol. The van der Waals surface area contributed by atoms with E-state index in [1.165, 1.54) is 7.11 Å². The van der Waals surface area contributed by atoms with Crippen LogP contribution in [0.1, 0.15) is 24.2 Å². The second-order valence-electron chi connectivity index (χ2n) is 8.31. The molecule has 5 rings (SSSR count). The quantitative estimate of drug-likeness (QED) is 0.482. The van der Waals surface area contributed by atoms with E-state index in [-0.39, 0.29) is 17.7 Å². The number of ether oxygens (including phenoxy) is 1. The minimum atomic E-state index is -0.376. The standard InChI is InChI=1S/C22H25N9O2/c1-12-9-31(10-13(2)25-12)16-6-5-14(17-19(16)24-8-7-23-17)20(32)27-22-26-15-11-30(3)29-18(15)21(28-22)33-4/h5-8,11-13,25H,9-10H2,1-4H3,(H,26,27,32)/t12-,13-/m1/s1. The van der Waals surface area contributed by atoms with Crippen LogP contribution in [-0.2, 0) is 7.05 Å². The molecule has 1 aromatic carbocycles. The van der Waals surface area contributed by atoms with Crippen LogP contribution in [0.2, 0.25) is 0 Å². The molecule has 1 aliphatic heterocycles. The number of aryl methyl sites for hydroxylation is 1. The van der Waals surface area contributed by atoms with E-state index in [2.05, 4.69) is 54.4 Å². The summed E-state index contributed by atoms with van der Waals surface area (Å²) in [5, 5.41) is 10.6. The number of benzene rings is 1. The van der Waals surface area contributed by atoms with Gasteiger partial charge >= 0.3 is 0 Å². The Labute approximate surface area is 190 Å². The molecule has 0 aliphatic carbocycles. The lowest BCUT2D eigenvalue weighted by atomic mass is 10.1. The first kappa shape index (κ1) is 21.0. The molecule has 2 N–H and O–H groups in total. The highest BCUT2D eigenvalue weighted by atomic mass is 16.5. The van der Waals surface area contributed by atoms with E-state index in [9.17, 15) is 4.79 Å². The molecule has 0 bridgehead atoms. The molecule has 1 aliphatic rings. The minimum absolute atomic E-state index is 0.128. The van der Waals surface area contributed by atoms with Crippen molar-refractivity contribution in [2.75, 3.05) is 30.4 Å². The third-order valence-electron chi connectivity index (χ3n) is 5.61. The summed E-state index contributed by atoms with van der Waals surface area (Å²) in [6, 6.07) is 4.40. The zero-order valence-corrected chi connectivity index (χ0v) is 18.9. The minimum Gasteiger partial charge on any atom is -0.479 e. The summed E-state index contributed by atoms with van der Waals surface area (Å²) in [7, 11) is 3.29. The van der Waals surface area contributed by atoms with Crippen LogP contribution in [0.5, 0.6) is 5.88 Å². The van der Waals surface area contributed by atoms with E-state index in [1.54, 1.807) is 36.4 Å². The molecule has 0 saturated carbocycles. The van der Waals surface area contributed by atoms with Gasteiger partial charge in [-0.1, -0.05) is 0 Å². The third kappa shape index (κ3) is 3.91. The highest BCUT2D eigenvalue weighted by Crippen LogP contribution is 2.29. The Morgan fingerprint density at radius 3 is 2.55 bits per heavy atom. The summed E-state index contributed by atoms with van der Waals surface area (Å²) in [5.74, 6) is 0.0421. The summed E-state index contributed by atoms with van der Waals surface area (Å²) in [4.78, 5) is 33.2. The maximum absolute atomic E-state index is 13.2. The van der Waals surface area contributed by atoms with E-state index in [0.717, 1.165) is 18.8 Å². The van der Waals surface area contributed by atoms with Crippen molar-refractivity contribution < 1.29 is 9.53 Å². The van der Waals surface area contributed by atoms with Gasteiger partial charge in [0.15, 0.2) is 5.52 Å². The highest BCUT2D eigenvalue weighted by Gasteiger charge is 2.25. The van der Waals surface area contributed by atoms with E-state index < -0.39 is 0 Å². The maximum Gasteiger partial charge on any atom is 0.260 e. The summed E-state index contributed by atoms with van der Waals surface area (Å²) in [6.45, 7) is 6.01. The number of carbonyl (C=O) groups excluding carboxylic acids is 1. The molecule has 4 aromatic rings. The fourth-order valence-corrected chi connectivity index (χ4v) is 4.37. The van der Waals surface area contributed by atoms with Gasteiger partial charge in [-0.2, -0.15) is 10.1 Å². The number of piperazine rings is 1. The molecule has 1 amide bonds. The Balaban J connectivity index is 1.50. The molecule has 0 spiro atoms. The zero-order valence-electron chi connectivity index (χ0n) is 18.9. The molecule has 170 valence electrons. The Morgan fingerprint density at radius 1 is 1.09 bits per heavy atom. The van der Waals surface area contributed by atoms with E-state index >= 15 is 0 Å². The Morgan fingerprint density at radius 2 is 1.82 bits per heavy atom. The number of nitrogens with one attached hydrogen (secondary N) is 2. The van der Waals surface area contributed by atoms with Gasteiger partial charge in [0.05, 0.1) is 24.6 Å². The van der Waals surface area contributed by atoms with Gasteiger partial charge in [-0.15, -0.1) is 0 Å². The molecule has 4 heterocycles. The smallest absolute Gasteiger partial charge is 0.260 e. The Bertz CT molecular complexity index is 1340. The van der Waals surface area contributed by atoms with Crippen LogP contribution in [0.3, 0.4) is 0 Å². The Hall–Kier alpha value is -3.86. The van der Waals surface area contributed by atoms with Gasteiger partial charge < -0.3 is 15.0 Å². The van der Waals surface area contributed by atoms with Crippen molar-refractivity contribution in [2.24, 2.45) is 7.05 Å². The van der Waals surface area contributed by atoms with Crippen molar-refractivity contribution in [1.82, 2.24) is 35.0 Å². The van der Waals surface area contributed by atoms with Crippen molar-refractivity contribution >= 4 is 39.6 Å². The van der Waals surface area contributed by atoms with Crippen molar-refractivity contribution in [1.29, 1.82) is 0 Å². The number of anilines is 2. The first-order valence-electron chi connectivity index (χ1n) is 10.7. The van der Waals surface area contributed by atoms with Gasteiger partial charge in [-0.25, -0.2) is 4.98 Å². The van der Waals surface area contributed by atoms with E-state index in [1.807, 2.05) is 6.07 Å². The lowest BCUT2D eigenvalue weighted by Gasteiger charge is -2.38. The molecular weight excluding hydrogens is 422 g/mol. The van der Waals surface area contributed by atoms with Gasteiger partial charge in [0.2, 0.25) is 11.8 Å². The number of amides is 1. The van der Waals surface area contributed by atoms with Crippen molar-refractivity contribution in [3.05, 3.63) is 36.3 Å². The zero-order chi connectivity index (χ0) is 23.1. The van der Waals surface area contributed by atoms with Crippen LogP contribution in [0, 0.1) is 0 Å². The molecule has 11 heteroatoms. The molecule has 1 saturated heterocycles. The number of nitrogens with zero attached hydrogens (tertiary/aromatic N) is 7. The second-order valence-corrected chi connectivity index (χ2v) is 8.31. The van der Waals surface area contributed by atoms with Gasteiger partial charge in [-0.3, -0.25) is 24.8 Å². The average Bonchev–Trinajstić information content (AvgIpc) is 3.17. The fraction of sp³-hybridized carbons (Fsp3) is 0.364. The largest absolute Gasteiger partial charge is 0.479 e. The molecule has 11 nitrogen and oxygen atoms in total. The van der Waals surface area contributed by atoms with Crippen LogP contribution in [0.25, 0.3) is 22.1 Å². The molecule has 2 atom stereocenters. The Kier molecular flexibility index (Phi) is 5.25. The number of aromatic nitrogens is 6. The first-order valence-corrected chi connectivity index (χ1v) is 10.7. The number of methoxy groups -OCH3 is 1. The fourth-order valence-electron chi connectivity index (χ4n) is 4.37. The molecule has 3 aromatic heterocycles. The first-order chi connectivity index (χ1) is 15.9. The van der Waals surface area contributed by atoms with Gasteiger partial charge in [0, 0.05) is 44.6 Å². The number of hydrogen-bond acceptors (Lipinski definition) is 9. The van der Waals surface area contributed by atoms with Crippen molar-refractivity contribution in [2.45, 2.75) is 25.9 Å². The number of carbonyl (C=O) groups is 1. The lowest BCUT2D eigenvalue weighted by Crippen LogP contribution is -2.54. The number of rotatable bonds is 4. The summed E-state index contributed by atoms with van der Waals surface area (Å²) < 4.78 is 6.95. The normalized spacial score (nSPS) is 18.6. The van der Waals surface area contributed by atoms with Crippen LogP contribution < -0.4 is 20.3 Å². The summed E-state index contributed by atoms with van der Waals surface area (Å²) in [6.07, 6.45) is 4.97. The van der Waals surface area contributed by atoms with E-state index in [0.29, 0.717) is 39.7 Å². The SMILES string of the molecule is COc1nc(NC(=O)c2ccc(N3C[C@@H](C)N[C@H](C)C3)c3nccnc23)nc2cn(C)nc12. The van der Waals surface area contributed by atoms with Crippen LogP contribution in [0.15, 0.2) is 30.7 Å². The third-order valence-corrected chi connectivity index (χ3v) is 5.61. The van der Waals surface area contributed by atoms with Crippen LogP contribution in [-0.4, -0.2) is 67.9 Å². The highest BCUT2D eigenvalue weighted by molar-refractivity contribution is 6.12. The van der Waals surface area contributed by atoms with Crippen molar-refractivity contribution in [3.8, 4) is 5.88 Å². The summed E-state index contributed by atoms with van der Waals surface area (Å²) in [5.41, 5.74) is 3.67. The second kappa shape index (κ2) is 8.24. The topological polar surface area (TPSA) is 123 Å². The van der Waals surface area contributed by atoms with Gasteiger partial charge in [-0.05, 0) is 26.0 Å². The molecule has 33 heavy (non-hydrogen) atoms. The van der Waals surface area contributed by atoms with Crippen LogP contribution in [0.4, 0.5) is 11.6 Å². The average molecular weight is 448 g/mol. The number of hydrogen-bond donors (Lipinski definition) is 2. The van der Waals surface area contributed by atoms with Gasteiger partial charge in [0.25, 0.3) is 5.91 Å². The maximum atomic E-state index is 13.2. The number of fused-ring (bicyclic) bond motifs is 2. The van der Waals surface area contributed by atoms with E-state index in [4.69, 9.17) is 4.74 Å². The lowest BCUT2D eigenvalue weighted by molar-refractivity contribution is 0.102. The molecular formula is C22H25N9O2. The van der Waals surface area contributed by atoms with Gasteiger partial charge in [0.1, 0.15) is 16.6 Å². The van der Waals surface area contributed by atoms with Crippen molar-refractivity contribution in [3.63, 3.8) is 0 Å². The van der Waals surface area contributed by atoms with Crippen LogP contribution >= 0.6 is 0 Å². The molecule has 1 fully saturated rings. The summed E-state index contributed by atoms with van der Waals surface area (Å²) >= 11 is 0. The predicted octanol–water partition coefficient (Wildman–Crippen LogP) is 1.75.